The molecule has 0 unspecified atom stereocenters. The van der Waals surface area contributed by atoms with E-state index < -0.39 is 23.2 Å². The minimum Gasteiger partial charge on any atom is -1.00 e. The topological polar surface area (TPSA) is 0 Å². The molecule has 2 aromatic rings. The molecule has 2 aromatic carbocycles. The summed E-state index contributed by atoms with van der Waals surface area (Å²) in [5, 5.41) is 0. The van der Waals surface area contributed by atoms with E-state index >= 15 is 0 Å². The fourth-order valence-electron chi connectivity index (χ4n) is 4.00. The number of allylic oxidation sites excluding steroid dienone is 8. The molecule has 0 nitrogen and oxygen atoms in total. The Morgan fingerprint density at radius 2 is 1.00 bits per heavy atom. The van der Waals surface area contributed by atoms with E-state index in [-0.39, 0.29) is 24.8 Å². The fraction of sp³-hybridized carbons (Fsp3) is 0.231. The Balaban J connectivity index is 0.00000150. The molecular weight excluding hydrogens is 474 g/mol. The molecule has 0 radical (unpaired) electrons. The largest absolute Gasteiger partial charge is 1.00 e. The standard InChI is InChI=1S/2C13H13.2ClH.Zr/c2*1-11-7-8-13(9-11)10-12-5-3-2-4-6-12;;;/h2*2-6,8H,9-10H2,1H3;2*1H;/q;;;;+2/p-2. The van der Waals surface area contributed by atoms with Crippen LogP contribution in [0.15, 0.2) is 102 Å². The number of hydrogen-bond acceptors (Lipinski definition) is 0. The quantitative estimate of drug-likeness (QED) is 0.550. The van der Waals surface area contributed by atoms with Crippen molar-refractivity contribution < 1.29 is 48.0 Å². The Labute approximate surface area is 199 Å². The van der Waals surface area contributed by atoms with Crippen LogP contribution in [0.4, 0.5) is 0 Å². The van der Waals surface area contributed by atoms with Crippen molar-refractivity contribution in [1.82, 2.24) is 0 Å². The van der Waals surface area contributed by atoms with E-state index in [2.05, 4.69) is 86.7 Å². The summed E-state index contributed by atoms with van der Waals surface area (Å²) in [7, 11) is 0. The van der Waals surface area contributed by atoms with Crippen LogP contribution >= 0.6 is 0 Å². The van der Waals surface area contributed by atoms with Gasteiger partial charge in [-0.25, -0.2) is 0 Å². The van der Waals surface area contributed by atoms with Crippen LogP contribution in [0.3, 0.4) is 0 Å². The van der Waals surface area contributed by atoms with Crippen molar-refractivity contribution in [3.63, 3.8) is 0 Å². The van der Waals surface area contributed by atoms with Crippen molar-refractivity contribution in [3.05, 3.63) is 113 Å². The molecule has 148 valence electrons. The first kappa shape index (κ1) is 24.1. The van der Waals surface area contributed by atoms with Crippen molar-refractivity contribution in [2.45, 2.75) is 39.5 Å². The van der Waals surface area contributed by atoms with Crippen LogP contribution in [0.1, 0.15) is 37.8 Å². The van der Waals surface area contributed by atoms with Gasteiger partial charge in [-0.05, 0) is 0 Å². The zero-order valence-electron chi connectivity index (χ0n) is 17.0. The molecule has 3 heteroatoms. The van der Waals surface area contributed by atoms with Gasteiger partial charge in [-0.2, -0.15) is 0 Å². The predicted molar refractivity (Wildman–Crippen MR) is 111 cm³/mol. The van der Waals surface area contributed by atoms with Crippen LogP contribution in [-0.4, -0.2) is 0 Å². The van der Waals surface area contributed by atoms with Gasteiger partial charge in [-0.1, -0.05) is 0 Å². The van der Waals surface area contributed by atoms with Crippen molar-refractivity contribution in [2.24, 2.45) is 0 Å². The van der Waals surface area contributed by atoms with Gasteiger partial charge in [0.1, 0.15) is 0 Å². The number of hydrogen-bond donors (Lipinski definition) is 0. The maximum Gasteiger partial charge on any atom is -1.00 e. The second kappa shape index (κ2) is 11.3. The van der Waals surface area contributed by atoms with Crippen LogP contribution in [0.25, 0.3) is 0 Å². The van der Waals surface area contributed by atoms with E-state index in [1.54, 1.807) is 28.9 Å². The van der Waals surface area contributed by atoms with Gasteiger partial charge in [0, 0.05) is 0 Å². The van der Waals surface area contributed by atoms with Crippen LogP contribution in [0, 0.1) is 0 Å². The first-order valence-corrected chi connectivity index (χ1v) is 12.3. The smallest absolute Gasteiger partial charge is 1.00 e. The summed E-state index contributed by atoms with van der Waals surface area (Å²) in [5.74, 6) is 0. The van der Waals surface area contributed by atoms with Gasteiger partial charge in [0.2, 0.25) is 0 Å². The van der Waals surface area contributed by atoms with Gasteiger partial charge in [-0.15, -0.1) is 0 Å². The molecule has 0 heterocycles. The molecule has 29 heavy (non-hydrogen) atoms. The average Bonchev–Trinajstić information content (AvgIpc) is 3.19. The first-order chi connectivity index (χ1) is 13.2. The SMILES string of the molecule is CC1=[C]([Zr+2][C]2=C(C)CC(Cc3ccccc3)=C2)C=C(Cc2ccccc2)C1.[Cl-].[Cl-]. The summed E-state index contributed by atoms with van der Waals surface area (Å²) in [6.45, 7) is 4.70. The maximum atomic E-state index is 2.54. The zero-order valence-corrected chi connectivity index (χ0v) is 21.0. The van der Waals surface area contributed by atoms with Crippen molar-refractivity contribution in [3.8, 4) is 0 Å². The van der Waals surface area contributed by atoms with Gasteiger partial charge < -0.3 is 24.8 Å². The van der Waals surface area contributed by atoms with Crippen molar-refractivity contribution >= 4 is 0 Å². The second-order valence-electron chi connectivity index (χ2n) is 7.80. The average molecular weight is 501 g/mol. The molecule has 2 aliphatic carbocycles. The molecule has 0 amide bonds. The number of benzene rings is 2. The minimum absolute atomic E-state index is 0. The molecule has 0 aromatic heterocycles. The Hall–Kier alpha value is -1.14. The van der Waals surface area contributed by atoms with Crippen LogP contribution < -0.4 is 24.8 Å². The van der Waals surface area contributed by atoms with Gasteiger partial charge in [-0.3, -0.25) is 0 Å². The fourth-order valence-corrected chi connectivity index (χ4v) is 7.56. The molecule has 2 aliphatic rings. The molecule has 4 rings (SSSR count). The van der Waals surface area contributed by atoms with Crippen LogP contribution in [0.5, 0.6) is 0 Å². The van der Waals surface area contributed by atoms with Gasteiger partial charge in [0.15, 0.2) is 0 Å². The molecule has 0 atom stereocenters. The third-order valence-electron chi connectivity index (χ3n) is 5.42. The van der Waals surface area contributed by atoms with Crippen LogP contribution in [0.2, 0.25) is 0 Å². The Kier molecular flexibility index (Phi) is 9.41. The Morgan fingerprint density at radius 1 is 0.621 bits per heavy atom. The predicted octanol–water partition coefficient (Wildman–Crippen LogP) is 0.771. The second-order valence-corrected chi connectivity index (χ2v) is 11.1. The van der Waals surface area contributed by atoms with Gasteiger partial charge >= 0.3 is 176 Å². The van der Waals surface area contributed by atoms with E-state index in [0.717, 1.165) is 12.8 Å². The van der Waals surface area contributed by atoms with E-state index in [1.165, 1.54) is 24.0 Å². The zero-order chi connectivity index (χ0) is 18.6. The maximum absolute atomic E-state index is 2.54. The molecule has 0 fully saturated rings. The van der Waals surface area contributed by atoms with Gasteiger partial charge in [0.25, 0.3) is 0 Å². The Morgan fingerprint density at radius 3 is 1.38 bits per heavy atom. The molecule has 0 spiro atoms. The third kappa shape index (κ3) is 6.42. The van der Waals surface area contributed by atoms with E-state index in [0.29, 0.717) is 0 Å². The van der Waals surface area contributed by atoms with E-state index in [4.69, 9.17) is 0 Å². The first-order valence-electron chi connectivity index (χ1n) is 9.80. The minimum atomic E-state index is -0.693. The summed E-state index contributed by atoms with van der Waals surface area (Å²) in [5.41, 5.74) is 9.31. The number of rotatable bonds is 6. The monoisotopic (exact) mass is 498 g/mol. The molecule has 0 N–H and O–H groups in total. The summed E-state index contributed by atoms with van der Waals surface area (Å²) in [6, 6.07) is 21.8. The molecule has 0 aliphatic heterocycles. The van der Waals surface area contributed by atoms with E-state index in [9.17, 15) is 0 Å². The summed E-state index contributed by atoms with van der Waals surface area (Å²) in [4.78, 5) is 0. The van der Waals surface area contributed by atoms with Crippen molar-refractivity contribution in [1.29, 1.82) is 0 Å². The third-order valence-corrected chi connectivity index (χ3v) is 9.55. The van der Waals surface area contributed by atoms with Crippen LogP contribution in [-0.2, 0) is 36.1 Å². The van der Waals surface area contributed by atoms with Gasteiger partial charge in [0.05, 0.1) is 0 Å². The normalized spacial score (nSPS) is 15.4. The summed E-state index contributed by atoms with van der Waals surface area (Å²) < 4.78 is 3.41. The van der Waals surface area contributed by atoms with E-state index in [1.807, 2.05) is 0 Å². The molecule has 0 saturated heterocycles. The summed E-state index contributed by atoms with van der Waals surface area (Å²) >= 11 is -0.693. The number of halogens is 2. The molecular formula is C26H26Cl2Zr. The molecule has 0 bridgehead atoms. The summed E-state index contributed by atoms with van der Waals surface area (Å²) in [6.07, 6.45) is 9.65. The van der Waals surface area contributed by atoms with Crippen molar-refractivity contribution in [2.75, 3.05) is 0 Å². The Bertz CT molecular complexity index is 871. The molecule has 0 saturated carbocycles.